The summed E-state index contributed by atoms with van der Waals surface area (Å²) < 4.78 is 6.01. The van der Waals surface area contributed by atoms with E-state index in [-0.39, 0.29) is 0 Å². The van der Waals surface area contributed by atoms with Gasteiger partial charge in [-0.25, -0.2) is 0 Å². The third-order valence-corrected chi connectivity index (χ3v) is 3.75. The molecule has 3 heteroatoms. The number of ether oxygens (including phenoxy) is 1. The lowest BCUT2D eigenvalue weighted by Gasteiger charge is -2.26. The molecule has 21 heavy (non-hydrogen) atoms. The summed E-state index contributed by atoms with van der Waals surface area (Å²) >= 11 is 0. The Balaban J connectivity index is 1.81. The molecule has 1 N–H and O–H groups in total. The van der Waals surface area contributed by atoms with Gasteiger partial charge in [0.15, 0.2) is 0 Å². The van der Waals surface area contributed by atoms with Crippen LogP contribution in [-0.2, 0) is 6.54 Å². The number of hydrogen-bond acceptors (Lipinski definition) is 3. The van der Waals surface area contributed by atoms with Gasteiger partial charge in [0.1, 0.15) is 12.4 Å². The Morgan fingerprint density at radius 2 is 2.10 bits per heavy atom. The Morgan fingerprint density at radius 1 is 1.29 bits per heavy atom. The fourth-order valence-electron chi connectivity index (χ4n) is 2.57. The molecule has 2 rings (SSSR count). The van der Waals surface area contributed by atoms with E-state index in [2.05, 4.69) is 55.3 Å². The van der Waals surface area contributed by atoms with E-state index < -0.39 is 0 Å². The average molecular weight is 288 g/mol. The topological polar surface area (TPSA) is 24.5 Å². The smallest absolute Gasteiger partial charge is 0.123 e. The van der Waals surface area contributed by atoms with Crippen LogP contribution in [0.3, 0.4) is 0 Å². The maximum atomic E-state index is 6.01. The quantitative estimate of drug-likeness (QED) is 0.780. The predicted octanol–water partition coefficient (Wildman–Crippen LogP) is 3.22. The molecule has 0 fully saturated rings. The van der Waals surface area contributed by atoms with E-state index in [1.165, 1.54) is 17.6 Å². The van der Waals surface area contributed by atoms with E-state index >= 15 is 0 Å². The van der Waals surface area contributed by atoms with Crippen LogP contribution < -0.4 is 10.1 Å². The Kier molecular flexibility index (Phi) is 6.27. The normalized spacial score (nSPS) is 16.1. The molecule has 0 saturated heterocycles. The second kappa shape index (κ2) is 8.20. The maximum absolute atomic E-state index is 6.01. The molecular formula is C18H28N2O. The Labute approximate surface area is 129 Å². The van der Waals surface area contributed by atoms with Crippen LogP contribution >= 0.6 is 0 Å². The van der Waals surface area contributed by atoms with Crippen molar-refractivity contribution in [1.82, 2.24) is 10.2 Å². The Bertz CT molecular complexity index is 468. The number of nitrogens with zero attached hydrogens (tertiary/aromatic N) is 1. The van der Waals surface area contributed by atoms with Gasteiger partial charge >= 0.3 is 0 Å². The number of hydrogen-bond donors (Lipinski definition) is 1. The van der Waals surface area contributed by atoms with E-state index in [0.717, 1.165) is 38.5 Å². The largest absolute Gasteiger partial charge is 0.492 e. The highest BCUT2D eigenvalue weighted by atomic mass is 16.5. The van der Waals surface area contributed by atoms with Crippen molar-refractivity contribution in [3.63, 3.8) is 0 Å². The highest BCUT2D eigenvalue weighted by Crippen LogP contribution is 2.18. The molecule has 1 aromatic rings. The minimum atomic E-state index is 0.487. The zero-order valence-corrected chi connectivity index (χ0v) is 13.6. The fraction of sp³-hybridized carbons (Fsp3) is 0.556. The van der Waals surface area contributed by atoms with Crippen molar-refractivity contribution in [2.75, 3.05) is 26.2 Å². The molecule has 0 unspecified atom stereocenters. The van der Waals surface area contributed by atoms with Crippen LogP contribution in [0.5, 0.6) is 5.75 Å². The standard InChI is InChI=1S/C18H28N2O/c1-15(2)19-13-17-8-4-5-9-18(17)21-12-11-20-10-6-7-16(3)14-20/h4-5,7-9,15,19H,6,10-14H2,1-3H3. The summed E-state index contributed by atoms with van der Waals surface area (Å²) in [7, 11) is 0. The zero-order valence-electron chi connectivity index (χ0n) is 13.6. The van der Waals surface area contributed by atoms with Crippen LogP contribution in [0, 0.1) is 0 Å². The highest BCUT2D eigenvalue weighted by Gasteiger charge is 2.10. The zero-order chi connectivity index (χ0) is 15.1. The minimum Gasteiger partial charge on any atom is -0.492 e. The maximum Gasteiger partial charge on any atom is 0.123 e. The van der Waals surface area contributed by atoms with E-state index in [0.29, 0.717) is 6.04 Å². The molecule has 1 aliphatic heterocycles. The summed E-state index contributed by atoms with van der Waals surface area (Å²) in [5.74, 6) is 1.01. The summed E-state index contributed by atoms with van der Waals surface area (Å²) in [5.41, 5.74) is 2.71. The van der Waals surface area contributed by atoms with Gasteiger partial charge in [0.2, 0.25) is 0 Å². The number of benzene rings is 1. The second-order valence-electron chi connectivity index (χ2n) is 6.11. The molecule has 1 aliphatic rings. The molecule has 1 aromatic carbocycles. The van der Waals surface area contributed by atoms with Gasteiger partial charge in [-0.3, -0.25) is 4.90 Å². The van der Waals surface area contributed by atoms with Crippen LogP contribution in [0.2, 0.25) is 0 Å². The molecule has 0 spiro atoms. The van der Waals surface area contributed by atoms with Crippen molar-refractivity contribution in [1.29, 1.82) is 0 Å². The lowest BCUT2D eigenvalue weighted by atomic mass is 10.1. The SMILES string of the molecule is CC1=CCCN(CCOc2ccccc2CNC(C)C)C1. The van der Waals surface area contributed by atoms with Crippen molar-refractivity contribution in [3.8, 4) is 5.75 Å². The Hall–Kier alpha value is -1.32. The molecule has 0 bridgehead atoms. The van der Waals surface area contributed by atoms with Gasteiger partial charge in [-0.2, -0.15) is 0 Å². The van der Waals surface area contributed by atoms with E-state index in [1.54, 1.807) is 0 Å². The first-order valence-corrected chi connectivity index (χ1v) is 7.97. The second-order valence-corrected chi connectivity index (χ2v) is 6.11. The Morgan fingerprint density at radius 3 is 2.86 bits per heavy atom. The van der Waals surface area contributed by atoms with Gasteiger partial charge in [-0.1, -0.05) is 43.7 Å². The van der Waals surface area contributed by atoms with Gasteiger partial charge in [0.05, 0.1) is 0 Å². The summed E-state index contributed by atoms with van der Waals surface area (Å²) in [4.78, 5) is 2.46. The van der Waals surface area contributed by atoms with Crippen molar-refractivity contribution >= 4 is 0 Å². The third-order valence-electron chi connectivity index (χ3n) is 3.75. The summed E-state index contributed by atoms with van der Waals surface area (Å²) in [5, 5.41) is 3.45. The van der Waals surface area contributed by atoms with Gasteiger partial charge in [0, 0.05) is 37.8 Å². The summed E-state index contributed by atoms with van der Waals surface area (Å²) in [6.07, 6.45) is 3.50. The van der Waals surface area contributed by atoms with Crippen LogP contribution in [0.25, 0.3) is 0 Å². The first-order chi connectivity index (χ1) is 10.1. The molecule has 0 saturated carbocycles. The van der Waals surface area contributed by atoms with E-state index in [4.69, 9.17) is 4.74 Å². The van der Waals surface area contributed by atoms with Crippen LogP contribution in [0.1, 0.15) is 32.8 Å². The van der Waals surface area contributed by atoms with Crippen LogP contribution in [0.4, 0.5) is 0 Å². The van der Waals surface area contributed by atoms with Crippen molar-refractivity contribution in [2.24, 2.45) is 0 Å². The molecule has 0 aliphatic carbocycles. The van der Waals surface area contributed by atoms with E-state index in [1.807, 2.05) is 6.07 Å². The summed E-state index contributed by atoms with van der Waals surface area (Å²) in [6, 6.07) is 8.81. The lowest BCUT2D eigenvalue weighted by molar-refractivity contribution is 0.215. The predicted molar refractivity (Wildman–Crippen MR) is 88.7 cm³/mol. The monoisotopic (exact) mass is 288 g/mol. The van der Waals surface area contributed by atoms with Gasteiger partial charge < -0.3 is 10.1 Å². The number of rotatable bonds is 7. The molecule has 1 heterocycles. The molecular weight excluding hydrogens is 260 g/mol. The number of nitrogens with one attached hydrogen (secondary N) is 1. The molecule has 0 atom stereocenters. The van der Waals surface area contributed by atoms with Crippen molar-refractivity contribution in [3.05, 3.63) is 41.5 Å². The average Bonchev–Trinajstić information content (AvgIpc) is 2.46. The van der Waals surface area contributed by atoms with E-state index in [9.17, 15) is 0 Å². The lowest BCUT2D eigenvalue weighted by Crippen LogP contribution is -2.33. The molecule has 0 aromatic heterocycles. The first-order valence-electron chi connectivity index (χ1n) is 7.97. The van der Waals surface area contributed by atoms with Crippen LogP contribution in [-0.4, -0.2) is 37.2 Å². The van der Waals surface area contributed by atoms with Gasteiger partial charge in [-0.15, -0.1) is 0 Å². The molecule has 0 radical (unpaired) electrons. The molecule has 116 valence electrons. The van der Waals surface area contributed by atoms with Gasteiger partial charge in [-0.05, 0) is 19.4 Å². The molecule has 0 amide bonds. The molecule has 3 nitrogen and oxygen atoms in total. The minimum absolute atomic E-state index is 0.487. The van der Waals surface area contributed by atoms with Crippen molar-refractivity contribution in [2.45, 2.75) is 39.8 Å². The highest BCUT2D eigenvalue weighted by molar-refractivity contribution is 5.33. The fourth-order valence-corrected chi connectivity index (χ4v) is 2.57. The number of para-hydroxylation sites is 1. The summed E-state index contributed by atoms with van der Waals surface area (Å²) in [6.45, 7) is 11.4. The van der Waals surface area contributed by atoms with Crippen molar-refractivity contribution < 1.29 is 4.74 Å². The van der Waals surface area contributed by atoms with Gasteiger partial charge in [0.25, 0.3) is 0 Å². The van der Waals surface area contributed by atoms with Crippen LogP contribution in [0.15, 0.2) is 35.9 Å². The first kappa shape index (κ1) is 16.1. The third kappa shape index (κ3) is 5.52.